The van der Waals surface area contributed by atoms with Gasteiger partial charge in [-0.25, -0.2) is 23.3 Å². The first kappa shape index (κ1) is 20.7. The lowest BCUT2D eigenvalue weighted by Crippen LogP contribution is -2.44. The molecule has 0 bridgehead atoms. The summed E-state index contributed by atoms with van der Waals surface area (Å²) < 4.78 is 30.4. The number of furan rings is 1. The minimum atomic E-state index is -4.00. The molecule has 1 saturated heterocycles. The molecule has 166 valence electrons. The summed E-state index contributed by atoms with van der Waals surface area (Å²) in [6, 6.07) is 10.2. The maximum absolute atomic E-state index is 12.3. The Morgan fingerprint density at radius 3 is 2.69 bits per heavy atom. The molecule has 2 aromatic heterocycles. The number of rotatable bonds is 4. The summed E-state index contributed by atoms with van der Waals surface area (Å²) in [4.78, 5) is 28.5. The Balaban J connectivity index is 1.51. The van der Waals surface area contributed by atoms with E-state index in [2.05, 4.69) is 15.6 Å². The number of para-hydroxylation sites is 1. The average molecular weight is 455 g/mol. The van der Waals surface area contributed by atoms with Crippen LogP contribution in [0.1, 0.15) is 30.5 Å². The van der Waals surface area contributed by atoms with Crippen molar-refractivity contribution in [1.29, 1.82) is 0 Å². The zero-order chi connectivity index (χ0) is 22.7. The van der Waals surface area contributed by atoms with E-state index in [9.17, 15) is 18.0 Å². The fourth-order valence-corrected chi connectivity index (χ4v) is 5.60. The monoisotopic (exact) mass is 454 g/mol. The average Bonchev–Trinajstić information content (AvgIpc) is 3.37. The third-order valence-corrected chi connectivity index (χ3v) is 7.41. The highest BCUT2D eigenvalue weighted by atomic mass is 32.2. The van der Waals surface area contributed by atoms with Crippen LogP contribution in [0.15, 0.2) is 45.7 Å². The number of aromatic nitrogens is 1. The number of primary sulfonamides is 1. The van der Waals surface area contributed by atoms with Gasteiger partial charge in [-0.3, -0.25) is 10.1 Å². The summed E-state index contributed by atoms with van der Waals surface area (Å²) >= 11 is 0. The lowest BCUT2D eigenvalue weighted by molar-refractivity contribution is -0.123. The van der Waals surface area contributed by atoms with E-state index < -0.39 is 21.6 Å². The van der Waals surface area contributed by atoms with Crippen LogP contribution in [0, 0.1) is 12.8 Å². The molecule has 1 aromatic carbocycles. The van der Waals surface area contributed by atoms with Crippen molar-refractivity contribution >= 4 is 32.9 Å². The van der Waals surface area contributed by atoms with Crippen molar-refractivity contribution in [1.82, 2.24) is 15.6 Å². The highest BCUT2D eigenvalue weighted by Crippen LogP contribution is 2.39. The summed E-state index contributed by atoms with van der Waals surface area (Å²) in [7, 11) is -4.00. The molecular formula is C22H22N4O5S. The molecule has 1 aliphatic carbocycles. The van der Waals surface area contributed by atoms with Gasteiger partial charge in [-0.05, 0) is 56.7 Å². The fraction of sp³-hybridized carbons (Fsp3) is 0.318. The number of amides is 3. The van der Waals surface area contributed by atoms with Crippen molar-refractivity contribution in [3.63, 3.8) is 0 Å². The van der Waals surface area contributed by atoms with Crippen LogP contribution in [-0.2, 0) is 21.2 Å². The second kappa shape index (κ2) is 7.14. The molecule has 2 fully saturated rings. The minimum Gasteiger partial charge on any atom is -0.454 e. The van der Waals surface area contributed by atoms with Gasteiger partial charge in [-0.15, -0.1) is 0 Å². The molecule has 3 heterocycles. The van der Waals surface area contributed by atoms with Gasteiger partial charge in [-0.1, -0.05) is 18.2 Å². The van der Waals surface area contributed by atoms with Crippen molar-refractivity contribution in [3.8, 4) is 11.5 Å². The third kappa shape index (κ3) is 3.35. The Morgan fingerprint density at radius 1 is 1.22 bits per heavy atom. The summed E-state index contributed by atoms with van der Waals surface area (Å²) in [5.74, 6) is 0.189. The highest BCUT2D eigenvalue weighted by Gasteiger charge is 2.51. The Bertz CT molecular complexity index is 1380. The first-order chi connectivity index (χ1) is 15.2. The Hall–Kier alpha value is -3.24. The Labute approximate surface area is 184 Å². The molecule has 1 saturated carbocycles. The number of hydrogen-bond donors (Lipinski definition) is 3. The van der Waals surface area contributed by atoms with Crippen LogP contribution in [-0.4, -0.2) is 30.9 Å². The van der Waals surface area contributed by atoms with Gasteiger partial charge in [0, 0.05) is 10.9 Å². The zero-order valence-electron chi connectivity index (χ0n) is 17.3. The predicted molar refractivity (Wildman–Crippen MR) is 116 cm³/mol. The van der Waals surface area contributed by atoms with Crippen molar-refractivity contribution in [2.45, 2.75) is 43.0 Å². The number of nitrogens with zero attached hydrogens (tertiary/aromatic N) is 1. The number of benzene rings is 1. The molecule has 3 aromatic rings. The molecule has 2 atom stereocenters. The van der Waals surface area contributed by atoms with Gasteiger partial charge in [0.15, 0.2) is 5.76 Å². The first-order valence-electron chi connectivity index (χ1n) is 10.3. The van der Waals surface area contributed by atoms with E-state index in [-0.39, 0.29) is 16.7 Å². The van der Waals surface area contributed by atoms with Gasteiger partial charge >= 0.3 is 6.03 Å². The minimum absolute atomic E-state index is 0.0424. The molecule has 1 spiro atoms. The van der Waals surface area contributed by atoms with E-state index in [0.717, 1.165) is 16.5 Å². The van der Waals surface area contributed by atoms with Crippen LogP contribution in [0.2, 0.25) is 0 Å². The maximum atomic E-state index is 12.3. The number of imide groups is 1. The largest absolute Gasteiger partial charge is 0.454 e. The van der Waals surface area contributed by atoms with E-state index in [1.54, 1.807) is 6.07 Å². The van der Waals surface area contributed by atoms with Crippen LogP contribution in [0.5, 0.6) is 0 Å². The van der Waals surface area contributed by atoms with Crippen LogP contribution in [0.25, 0.3) is 22.4 Å². The van der Waals surface area contributed by atoms with E-state index in [1.807, 2.05) is 31.2 Å². The molecule has 0 radical (unpaired) electrons. The number of carbonyl (C=O) groups excluding carboxylic acids is 2. The number of hydrogen-bond acceptors (Lipinski definition) is 6. The summed E-state index contributed by atoms with van der Waals surface area (Å²) in [5.41, 5.74) is 1.54. The lowest BCUT2D eigenvalue weighted by Gasteiger charge is -2.20. The highest BCUT2D eigenvalue weighted by molar-refractivity contribution is 7.89. The normalized spacial score (nSPS) is 23.1. The van der Waals surface area contributed by atoms with Crippen molar-refractivity contribution in [3.05, 3.63) is 47.7 Å². The van der Waals surface area contributed by atoms with Crippen LogP contribution in [0.3, 0.4) is 0 Å². The number of aryl methyl sites for hydroxylation is 1. The fourth-order valence-electron chi connectivity index (χ4n) is 4.88. The molecule has 4 N–H and O–H groups in total. The van der Waals surface area contributed by atoms with E-state index in [0.29, 0.717) is 42.8 Å². The molecule has 10 heteroatoms. The molecule has 32 heavy (non-hydrogen) atoms. The second-order valence-electron chi connectivity index (χ2n) is 8.54. The number of nitrogens with two attached hydrogens (primary N) is 1. The SMILES string of the molecule is Cc1c(-c2ccc(S(N)(=O)=O)c(CC3CCC4(C3)NC(=O)NC4=O)n2)oc2ccccc12. The zero-order valence-corrected chi connectivity index (χ0v) is 18.2. The number of pyridine rings is 1. The predicted octanol–water partition coefficient (Wildman–Crippen LogP) is 2.37. The molecule has 3 amide bonds. The molecule has 2 unspecified atom stereocenters. The number of sulfonamides is 1. The lowest BCUT2D eigenvalue weighted by atomic mass is 9.94. The van der Waals surface area contributed by atoms with Gasteiger partial charge in [-0.2, -0.15) is 0 Å². The number of fused-ring (bicyclic) bond motifs is 1. The van der Waals surface area contributed by atoms with Gasteiger partial charge in [0.2, 0.25) is 10.0 Å². The molecule has 1 aliphatic heterocycles. The van der Waals surface area contributed by atoms with Crippen LogP contribution >= 0.6 is 0 Å². The number of carbonyl (C=O) groups is 2. The first-order valence-corrected chi connectivity index (χ1v) is 11.9. The molecule has 9 nitrogen and oxygen atoms in total. The van der Waals surface area contributed by atoms with Gasteiger partial charge in [0.25, 0.3) is 5.91 Å². The van der Waals surface area contributed by atoms with Crippen LogP contribution in [0.4, 0.5) is 4.79 Å². The van der Waals surface area contributed by atoms with Gasteiger partial charge < -0.3 is 9.73 Å². The van der Waals surface area contributed by atoms with E-state index in [4.69, 9.17) is 9.56 Å². The molecule has 5 rings (SSSR count). The Morgan fingerprint density at radius 2 is 2.00 bits per heavy atom. The third-order valence-electron chi connectivity index (χ3n) is 6.43. The van der Waals surface area contributed by atoms with Crippen molar-refractivity contribution < 1.29 is 22.4 Å². The standard InChI is InChI=1S/C22H22N4O5S/c1-12-14-4-2-3-5-17(14)31-19(12)15-6-7-18(32(23,29)30)16(24-15)10-13-8-9-22(11-13)20(27)25-21(28)26-22/h2-7,13H,8-11H2,1H3,(H2,23,29,30)(H2,25,26,27,28). The van der Waals surface area contributed by atoms with Crippen molar-refractivity contribution in [2.24, 2.45) is 11.1 Å². The smallest absolute Gasteiger partial charge is 0.322 e. The summed E-state index contributed by atoms with van der Waals surface area (Å²) in [6.45, 7) is 1.93. The van der Waals surface area contributed by atoms with Gasteiger partial charge in [0.1, 0.15) is 21.7 Å². The second-order valence-corrected chi connectivity index (χ2v) is 10.1. The molecule has 2 aliphatic rings. The summed E-state index contributed by atoms with van der Waals surface area (Å²) in [5, 5.41) is 11.4. The van der Waals surface area contributed by atoms with Gasteiger partial charge in [0.05, 0.1) is 5.69 Å². The van der Waals surface area contributed by atoms with Crippen molar-refractivity contribution in [2.75, 3.05) is 0 Å². The molecular weight excluding hydrogens is 432 g/mol. The Kier molecular flexibility index (Phi) is 4.61. The quantitative estimate of drug-likeness (QED) is 0.516. The number of nitrogens with one attached hydrogen (secondary N) is 2. The summed E-state index contributed by atoms with van der Waals surface area (Å²) in [6.07, 6.45) is 1.85. The van der Waals surface area contributed by atoms with Crippen LogP contribution < -0.4 is 15.8 Å². The van der Waals surface area contributed by atoms with E-state index >= 15 is 0 Å². The number of urea groups is 1. The van der Waals surface area contributed by atoms with E-state index in [1.165, 1.54) is 6.07 Å². The topological polar surface area (TPSA) is 144 Å². The maximum Gasteiger partial charge on any atom is 0.322 e.